The van der Waals surface area contributed by atoms with Crippen molar-refractivity contribution in [1.82, 2.24) is 0 Å². The van der Waals surface area contributed by atoms with Gasteiger partial charge in [-0.05, 0) is 122 Å². The number of rotatable bonds is 75. The lowest BCUT2D eigenvalue weighted by Crippen LogP contribution is -2.30. The molecular weight excluding hydrogens is 1310 g/mol. The number of aliphatic hydroxyl groups excluding tert-OH is 1. The molecule has 5 unspecified atom stereocenters. The molecule has 0 saturated heterocycles. The summed E-state index contributed by atoms with van der Waals surface area (Å²) in [5, 5.41) is 10.6. The quantitative estimate of drug-likeness (QED) is 0.0169. The van der Waals surface area contributed by atoms with Crippen molar-refractivity contribution >= 4 is 39.5 Å². The molecule has 0 amide bonds. The maximum absolute atomic E-state index is 13.1. The molecule has 19 heteroatoms. The van der Waals surface area contributed by atoms with Crippen molar-refractivity contribution in [2.45, 2.75) is 367 Å². The van der Waals surface area contributed by atoms with E-state index in [9.17, 15) is 43.2 Å². The minimum absolute atomic E-state index is 0.0773. The molecular formula is C81H144O17P2. The van der Waals surface area contributed by atoms with E-state index in [1.165, 1.54) is 103 Å². The normalized spacial score (nSPS) is 14.3. The van der Waals surface area contributed by atoms with Crippen molar-refractivity contribution in [2.75, 3.05) is 39.6 Å². The van der Waals surface area contributed by atoms with Crippen LogP contribution in [0.2, 0.25) is 0 Å². The van der Waals surface area contributed by atoms with Crippen LogP contribution in [0.25, 0.3) is 0 Å². The summed E-state index contributed by atoms with van der Waals surface area (Å²) in [6.45, 7) is 4.71. The van der Waals surface area contributed by atoms with Crippen molar-refractivity contribution < 1.29 is 80.2 Å². The van der Waals surface area contributed by atoms with Gasteiger partial charge in [0.2, 0.25) is 0 Å². The average Bonchev–Trinajstić information content (AvgIpc) is 1.01. The molecule has 0 aliphatic rings. The van der Waals surface area contributed by atoms with Crippen molar-refractivity contribution in [3.8, 4) is 0 Å². The highest BCUT2D eigenvalue weighted by Gasteiger charge is 2.30. The van der Waals surface area contributed by atoms with Gasteiger partial charge >= 0.3 is 39.5 Å². The predicted octanol–water partition coefficient (Wildman–Crippen LogP) is 23.0. The minimum atomic E-state index is -4.98. The summed E-state index contributed by atoms with van der Waals surface area (Å²) in [6, 6.07) is 0. The Labute approximate surface area is 608 Å². The lowest BCUT2D eigenvalue weighted by Gasteiger charge is -2.21. The van der Waals surface area contributed by atoms with Crippen molar-refractivity contribution in [1.29, 1.82) is 0 Å². The van der Waals surface area contributed by atoms with Crippen LogP contribution in [0.1, 0.15) is 349 Å². The van der Waals surface area contributed by atoms with Gasteiger partial charge in [-0.25, -0.2) is 9.13 Å². The van der Waals surface area contributed by atoms with E-state index in [1.807, 2.05) is 0 Å². The van der Waals surface area contributed by atoms with Gasteiger partial charge in [0.05, 0.1) is 26.4 Å². The van der Waals surface area contributed by atoms with Gasteiger partial charge in [0.25, 0.3) is 0 Å². The fraction of sp³-hybridized carbons (Fsp3) is 0.778. The van der Waals surface area contributed by atoms with E-state index in [0.29, 0.717) is 25.7 Å². The topological polar surface area (TPSA) is 237 Å². The maximum atomic E-state index is 13.1. The second-order valence-corrected chi connectivity index (χ2v) is 29.5. The molecule has 0 rings (SSSR count). The number of phosphoric ester groups is 2. The Bertz CT molecular complexity index is 2230. The summed E-state index contributed by atoms with van der Waals surface area (Å²) < 4.78 is 68.6. The van der Waals surface area contributed by atoms with Crippen LogP contribution < -0.4 is 0 Å². The fourth-order valence-corrected chi connectivity index (χ4v) is 12.3. The van der Waals surface area contributed by atoms with E-state index in [2.05, 4.69) is 113 Å². The molecule has 0 saturated carbocycles. The van der Waals surface area contributed by atoms with Gasteiger partial charge in [-0.1, -0.05) is 286 Å². The Morgan fingerprint density at radius 2 is 0.520 bits per heavy atom. The largest absolute Gasteiger partial charge is 0.472 e. The molecule has 0 aromatic carbocycles. The summed E-state index contributed by atoms with van der Waals surface area (Å²) in [4.78, 5) is 73.0. The molecule has 5 atom stereocenters. The first kappa shape index (κ1) is 96.2. The highest BCUT2D eigenvalue weighted by atomic mass is 31.2. The molecule has 0 spiro atoms. The number of carbonyl (C=O) groups excluding carboxylic acids is 4. The molecule has 0 bridgehead atoms. The van der Waals surface area contributed by atoms with Crippen LogP contribution in [0.4, 0.5) is 0 Å². The van der Waals surface area contributed by atoms with E-state index in [-0.39, 0.29) is 25.7 Å². The zero-order valence-electron chi connectivity index (χ0n) is 63.4. The summed E-state index contributed by atoms with van der Waals surface area (Å²) >= 11 is 0. The smallest absolute Gasteiger partial charge is 0.462 e. The van der Waals surface area contributed by atoms with Gasteiger partial charge in [-0.2, -0.15) is 0 Å². The standard InChI is InChI=1S/C81H144O17P2/c1-5-9-13-17-21-25-29-33-37-41-45-49-53-57-61-65-78(83)91-71-76(97-80(85)67-63-59-55-51-47-43-39-35-31-27-23-19-15-11-7-3)73-95-99(87,88)93-69-75(82)70-94-100(89,90)96-74-77(98-81(86)68-64-60-56-52-48-44-40-36-32-28-24-20-16-12-8-4)72-92-79(84)66-62-58-54-50-46-42-38-34-30-26-22-18-14-10-6-2/h9,13,21-22,24-26,28,33-34,36-38,40,75-77,82H,5-8,10-12,14-20,23,27,29-32,35,39,41-74H2,1-4H3,(H,87,88)(H,89,90)/b13-9-,25-21-,26-22-,28-24-,37-33-,38-34-,40-36-. The zero-order valence-corrected chi connectivity index (χ0v) is 65.2. The SMILES string of the molecule is CC/C=C\C/C=C\C/C=C\CCCCCCCC(=O)OCC(COP(=O)(O)OCC(O)COP(=O)(O)OCC(COC(=O)CCCCCCC/C=C\C/C=C\CCCCC)OC(=O)CCCCCCC/C=C\C/C=C\CCCCC)OC(=O)CCCCCCCCCCCCCCCCC. The molecule has 0 aliphatic carbocycles. The molecule has 0 aromatic heterocycles. The molecule has 580 valence electrons. The summed E-state index contributed by atoms with van der Waals surface area (Å²) in [5.41, 5.74) is 0. The van der Waals surface area contributed by atoms with Crippen LogP contribution in [0, 0.1) is 0 Å². The molecule has 0 heterocycles. The van der Waals surface area contributed by atoms with Gasteiger partial charge in [-0.15, -0.1) is 0 Å². The van der Waals surface area contributed by atoms with Crippen LogP contribution in [-0.2, 0) is 65.4 Å². The molecule has 0 radical (unpaired) electrons. The lowest BCUT2D eigenvalue weighted by molar-refractivity contribution is -0.161. The number of ether oxygens (including phenoxy) is 4. The van der Waals surface area contributed by atoms with Crippen LogP contribution in [-0.4, -0.2) is 96.7 Å². The van der Waals surface area contributed by atoms with Crippen molar-refractivity contribution in [3.63, 3.8) is 0 Å². The Kier molecular flexibility index (Phi) is 70.8. The second-order valence-electron chi connectivity index (χ2n) is 26.6. The zero-order chi connectivity index (χ0) is 73.2. The third-order valence-electron chi connectivity index (χ3n) is 16.8. The van der Waals surface area contributed by atoms with Gasteiger partial charge < -0.3 is 33.8 Å². The number of allylic oxidation sites excluding steroid dienone is 14. The summed E-state index contributed by atoms with van der Waals surface area (Å²) in [5.74, 6) is -2.20. The number of phosphoric acid groups is 2. The molecule has 0 aliphatic heterocycles. The number of unbranched alkanes of at least 4 members (excludes halogenated alkanes) is 35. The first-order chi connectivity index (χ1) is 48.7. The Morgan fingerprint density at radius 1 is 0.290 bits per heavy atom. The third-order valence-corrected chi connectivity index (χ3v) is 18.7. The first-order valence-corrected chi connectivity index (χ1v) is 42.8. The number of aliphatic hydroxyl groups is 1. The predicted molar refractivity (Wildman–Crippen MR) is 409 cm³/mol. The summed E-state index contributed by atoms with van der Waals surface area (Å²) in [7, 11) is -9.96. The highest BCUT2D eigenvalue weighted by molar-refractivity contribution is 7.47. The maximum Gasteiger partial charge on any atom is 0.472 e. The molecule has 17 nitrogen and oxygen atoms in total. The van der Waals surface area contributed by atoms with E-state index in [1.54, 1.807) is 0 Å². The van der Waals surface area contributed by atoms with Crippen LogP contribution in [0.5, 0.6) is 0 Å². The van der Waals surface area contributed by atoms with Crippen LogP contribution >= 0.6 is 15.6 Å². The number of esters is 4. The average molecular weight is 1450 g/mol. The van der Waals surface area contributed by atoms with Crippen molar-refractivity contribution in [3.05, 3.63) is 85.1 Å². The van der Waals surface area contributed by atoms with E-state index < -0.39 is 97.5 Å². The molecule has 0 aromatic rings. The third kappa shape index (κ3) is 72.6. The van der Waals surface area contributed by atoms with Crippen LogP contribution in [0.3, 0.4) is 0 Å². The highest BCUT2D eigenvalue weighted by Crippen LogP contribution is 2.45. The van der Waals surface area contributed by atoms with Crippen LogP contribution in [0.15, 0.2) is 85.1 Å². The number of hydrogen-bond donors (Lipinski definition) is 3. The molecule has 0 fully saturated rings. The van der Waals surface area contributed by atoms with Gasteiger partial charge in [-0.3, -0.25) is 37.3 Å². The number of hydrogen-bond acceptors (Lipinski definition) is 15. The summed E-state index contributed by atoms with van der Waals surface area (Å²) in [6.07, 6.45) is 75.5. The molecule has 3 N–H and O–H groups in total. The van der Waals surface area contributed by atoms with Crippen molar-refractivity contribution in [2.24, 2.45) is 0 Å². The Morgan fingerprint density at radius 3 is 0.820 bits per heavy atom. The first-order valence-electron chi connectivity index (χ1n) is 39.8. The second kappa shape index (κ2) is 73.5. The van der Waals surface area contributed by atoms with E-state index >= 15 is 0 Å². The lowest BCUT2D eigenvalue weighted by atomic mass is 10.0. The van der Waals surface area contributed by atoms with Gasteiger partial charge in [0, 0.05) is 25.7 Å². The Hall–Kier alpha value is -3.76. The number of carbonyl (C=O) groups is 4. The monoisotopic (exact) mass is 1450 g/mol. The van der Waals surface area contributed by atoms with Gasteiger partial charge in [0.15, 0.2) is 12.2 Å². The molecule has 100 heavy (non-hydrogen) atoms. The minimum Gasteiger partial charge on any atom is -0.462 e. The van der Waals surface area contributed by atoms with E-state index in [4.69, 9.17) is 37.0 Å². The van der Waals surface area contributed by atoms with Gasteiger partial charge in [0.1, 0.15) is 19.3 Å². The fourth-order valence-electron chi connectivity index (χ4n) is 10.8. The Balaban J connectivity index is 5.37. The van der Waals surface area contributed by atoms with E-state index in [0.717, 1.165) is 167 Å².